The van der Waals surface area contributed by atoms with E-state index in [-0.39, 0.29) is 0 Å². The minimum Gasteiger partial charge on any atom is -0.369 e. The van der Waals surface area contributed by atoms with E-state index in [0.717, 1.165) is 47.3 Å². The smallest absolute Gasteiger partial charge is 0.0872 e. The first-order valence-corrected chi connectivity index (χ1v) is 13.4. The highest BCUT2D eigenvalue weighted by atomic mass is 16.6. The zero-order valence-electron chi connectivity index (χ0n) is 20.3. The van der Waals surface area contributed by atoms with Crippen LogP contribution in [0.5, 0.6) is 0 Å². The number of fused-ring (bicyclic) bond motifs is 6. The van der Waals surface area contributed by atoms with Gasteiger partial charge in [0.25, 0.3) is 0 Å². The van der Waals surface area contributed by atoms with Crippen molar-refractivity contribution in [3.8, 4) is 0 Å². The lowest BCUT2D eigenvalue weighted by atomic mass is 9.42. The van der Waals surface area contributed by atoms with Crippen molar-refractivity contribution in [2.75, 3.05) is 0 Å². The highest BCUT2D eigenvalue weighted by molar-refractivity contribution is 5.14. The molecule has 0 aromatic carbocycles. The quantitative estimate of drug-likeness (QED) is 0.430. The van der Waals surface area contributed by atoms with Gasteiger partial charge in [-0.05, 0) is 103 Å². The highest BCUT2D eigenvalue weighted by Crippen LogP contribution is 2.70. The molecule has 0 unspecified atom stereocenters. The molecule has 1 heterocycles. The van der Waals surface area contributed by atoms with Crippen LogP contribution in [0.15, 0.2) is 0 Å². The summed E-state index contributed by atoms with van der Waals surface area (Å²) in [6.07, 6.45) is 16.1. The van der Waals surface area contributed by atoms with Crippen molar-refractivity contribution >= 4 is 0 Å². The van der Waals surface area contributed by atoms with E-state index in [1.807, 2.05) is 0 Å². The van der Waals surface area contributed by atoms with Gasteiger partial charge in [0.15, 0.2) is 0 Å². The fourth-order valence-electron chi connectivity index (χ4n) is 10.00. The summed E-state index contributed by atoms with van der Waals surface area (Å²) in [5.74, 6) is 7.53. The van der Waals surface area contributed by atoms with Gasteiger partial charge in [0, 0.05) is 0 Å². The Morgan fingerprint density at radius 3 is 2.48 bits per heavy atom. The molecule has 0 amide bonds. The molecule has 4 aliphatic carbocycles. The monoisotopic (exact) mass is 400 g/mol. The first-order chi connectivity index (χ1) is 13.8. The molecule has 5 rings (SSSR count). The van der Waals surface area contributed by atoms with E-state index >= 15 is 0 Å². The molecule has 0 aromatic heterocycles. The Labute approximate surface area is 181 Å². The van der Waals surface area contributed by atoms with Crippen LogP contribution < -0.4 is 0 Å². The van der Waals surface area contributed by atoms with Gasteiger partial charge in [0.2, 0.25) is 0 Å². The molecule has 4 saturated carbocycles. The molecule has 1 heteroatoms. The predicted octanol–water partition coefficient (Wildman–Crippen LogP) is 7.73. The molecule has 29 heavy (non-hydrogen) atoms. The summed E-state index contributed by atoms with van der Waals surface area (Å²) < 4.78 is 6.14. The normalized spacial score (nSPS) is 54.3. The van der Waals surface area contributed by atoms with E-state index in [1.165, 1.54) is 64.2 Å². The standard InChI is InChI=1S/C28H48O/c1-17(2)8-7-9-18(3)22-12-13-23-21-11-10-20-16-25-26(29-25)19(4)28(20,6)24(21)14-15-27(22,23)5/h17-26H,7-16H2,1-6H3/t18-,19+,20+,21+,22-,23+,24+,25+,26-,27-,28+/m1/s1. The van der Waals surface area contributed by atoms with Crippen molar-refractivity contribution in [1.82, 2.24) is 0 Å². The zero-order chi connectivity index (χ0) is 20.6. The molecule has 1 nitrogen and oxygen atoms in total. The van der Waals surface area contributed by atoms with Crippen LogP contribution in [-0.4, -0.2) is 12.2 Å². The third-order valence-corrected chi connectivity index (χ3v) is 11.8. The van der Waals surface area contributed by atoms with E-state index in [2.05, 4.69) is 41.5 Å². The summed E-state index contributed by atoms with van der Waals surface area (Å²) in [6.45, 7) is 15.4. The molecule has 1 saturated heterocycles. The summed E-state index contributed by atoms with van der Waals surface area (Å²) in [6, 6.07) is 0. The van der Waals surface area contributed by atoms with E-state index in [9.17, 15) is 0 Å². The van der Waals surface area contributed by atoms with Gasteiger partial charge >= 0.3 is 0 Å². The molecule has 1 aliphatic heterocycles. The number of epoxide rings is 1. The number of ether oxygens (including phenoxy) is 1. The van der Waals surface area contributed by atoms with Crippen LogP contribution in [-0.2, 0) is 4.74 Å². The Balaban J connectivity index is 1.32. The van der Waals surface area contributed by atoms with Gasteiger partial charge in [-0.25, -0.2) is 0 Å². The average molecular weight is 401 g/mol. The van der Waals surface area contributed by atoms with E-state index < -0.39 is 0 Å². The lowest BCUT2D eigenvalue weighted by Crippen LogP contribution is -2.56. The molecule has 0 N–H and O–H groups in total. The van der Waals surface area contributed by atoms with Crippen molar-refractivity contribution < 1.29 is 4.74 Å². The molecular weight excluding hydrogens is 352 g/mol. The van der Waals surface area contributed by atoms with E-state index in [4.69, 9.17) is 4.74 Å². The second kappa shape index (κ2) is 7.25. The fourth-order valence-corrected chi connectivity index (χ4v) is 10.00. The Morgan fingerprint density at radius 2 is 1.72 bits per heavy atom. The third-order valence-electron chi connectivity index (χ3n) is 11.8. The maximum atomic E-state index is 6.14. The van der Waals surface area contributed by atoms with Gasteiger partial charge in [-0.2, -0.15) is 0 Å². The van der Waals surface area contributed by atoms with Crippen LogP contribution in [0.2, 0.25) is 0 Å². The number of rotatable bonds is 5. The molecule has 0 bridgehead atoms. The van der Waals surface area contributed by atoms with Crippen LogP contribution in [0.25, 0.3) is 0 Å². The van der Waals surface area contributed by atoms with Crippen molar-refractivity contribution in [2.45, 2.75) is 118 Å². The molecule has 166 valence electrons. The van der Waals surface area contributed by atoms with Crippen LogP contribution >= 0.6 is 0 Å². The number of hydrogen-bond acceptors (Lipinski definition) is 1. The van der Waals surface area contributed by atoms with Gasteiger partial charge in [-0.3, -0.25) is 0 Å². The predicted molar refractivity (Wildman–Crippen MR) is 122 cm³/mol. The van der Waals surface area contributed by atoms with Crippen LogP contribution in [0.4, 0.5) is 0 Å². The summed E-state index contributed by atoms with van der Waals surface area (Å²) in [5.41, 5.74) is 1.20. The summed E-state index contributed by atoms with van der Waals surface area (Å²) in [4.78, 5) is 0. The van der Waals surface area contributed by atoms with Crippen LogP contribution in [0.1, 0.15) is 106 Å². The number of hydrogen-bond donors (Lipinski definition) is 0. The molecule has 0 radical (unpaired) electrons. The molecule has 11 atom stereocenters. The topological polar surface area (TPSA) is 12.5 Å². The molecular formula is C28H48O. The maximum absolute atomic E-state index is 6.14. The lowest BCUT2D eigenvalue weighted by Gasteiger charge is -2.62. The Hall–Kier alpha value is -0.0400. The summed E-state index contributed by atoms with van der Waals surface area (Å²) in [5, 5.41) is 0. The van der Waals surface area contributed by atoms with Gasteiger partial charge in [0.05, 0.1) is 12.2 Å². The minimum atomic E-state index is 0.558. The van der Waals surface area contributed by atoms with Crippen molar-refractivity contribution in [3.63, 3.8) is 0 Å². The fraction of sp³-hybridized carbons (Fsp3) is 1.00. The Morgan fingerprint density at radius 1 is 0.931 bits per heavy atom. The molecule has 5 aliphatic rings. The molecule has 5 fully saturated rings. The van der Waals surface area contributed by atoms with Gasteiger partial charge in [0.1, 0.15) is 0 Å². The first-order valence-electron chi connectivity index (χ1n) is 13.4. The Kier molecular flexibility index (Phi) is 5.21. The van der Waals surface area contributed by atoms with Crippen molar-refractivity contribution in [2.24, 2.45) is 58.2 Å². The van der Waals surface area contributed by atoms with Crippen LogP contribution in [0.3, 0.4) is 0 Å². The van der Waals surface area contributed by atoms with Crippen LogP contribution in [0, 0.1) is 58.2 Å². The second-order valence-electron chi connectivity index (χ2n) is 13.2. The zero-order valence-corrected chi connectivity index (χ0v) is 20.3. The van der Waals surface area contributed by atoms with E-state index in [1.54, 1.807) is 0 Å². The van der Waals surface area contributed by atoms with Gasteiger partial charge in [-0.15, -0.1) is 0 Å². The Bertz CT molecular complexity index is 611. The van der Waals surface area contributed by atoms with Crippen molar-refractivity contribution in [3.05, 3.63) is 0 Å². The van der Waals surface area contributed by atoms with Crippen molar-refractivity contribution in [1.29, 1.82) is 0 Å². The van der Waals surface area contributed by atoms with Gasteiger partial charge in [-0.1, -0.05) is 60.8 Å². The molecule has 0 spiro atoms. The maximum Gasteiger partial charge on any atom is 0.0872 e. The SMILES string of the molecule is CC(C)CCC[C@@H](C)[C@H]1CC[C@H]2[C@@H]3CC[C@H]4C[C@@H]5O[C@@H]5[C@H](C)[C@]4(C)[C@H]3CC[C@]12C. The lowest BCUT2D eigenvalue weighted by molar-refractivity contribution is -0.131. The third kappa shape index (κ3) is 3.10. The first kappa shape index (κ1) is 20.8. The molecule has 0 aromatic rings. The largest absolute Gasteiger partial charge is 0.369 e. The minimum absolute atomic E-state index is 0.558. The summed E-state index contributed by atoms with van der Waals surface area (Å²) >= 11 is 0. The highest BCUT2D eigenvalue weighted by Gasteiger charge is 2.66. The average Bonchev–Trinajstić information content (AvgIpc) is 3.35. The van der Waals surface area contributed by atoms with Gasteiger partial charge < -0.3 is 4.74 Å². The van der Waals surface area contributed by atoms with E-state index in [0.29, 0.717) is 23.0 Å². The summed E-state index contributed by atoms with van der Waals surface area (Å²) in [7, 11) is 0. The second-order valence-corrected chi connectivity index (χ2v) is 13.2.